The van der Waals surface area contributed by atoms with Gasteiger partial charge in [0.25, 0.3) is 5.56 Å². The van der Waals surface area contributed by atoms with Crippen molar-refractivity contribution in [2.75, 3.05) is 13.7 Å². The molecule has 190 valence electrons. The number of aromatic nitrogens is 1. The zero-order chi connectivity index (χ0) is 26.1. The number of hydrogen-bond donors (Lipinski definition) is 0. The van der Waals surface area contributed by atoms with Crippen LogP contribution in [0.25, 0.3) is 16.8 Å². The highest BCUT2D eigenvalue weighted by Crippen LogP contribution is 2.41. The zero-order valence-electron chi connectivity index (χ0n) is 20.6. The smallest absolute Gasteiger partial charge is 0.338 e. The van der Waals surface area contributed by atoms with E-state index in [4.69, 9.17) is 18.9 Å². The fourth-order valence-electron chi connectivity index (χ4n) is 4.66. The summed E-state index contributed by atoms with van der Waals surface area (Å²) in [5.41, 5.74) is 1.46. The van der Waals surface area contributed by atoms with Gasteiger partial charge in [0.1, 0.15) is 17.6 Å². The minimum atomic E-state index is -0.767. The van der Waals surface area contributed by atoms with Crippen molar-refractivity contribution in [1.82, 2.24) is 4.57 Å². The second kappa shape index (κ2) is 10.7. The van der Waals surface area contributed by atoms with E-state index in [0.717, 1.165) is 26.5 Å². The highest BCUT2D eigenvalue weighted by atomic mass is 127. The number of allylic oxidation sites excluding steroid dienone is 1. The third-order valence-corrected chi connectivity index (χ3v) is 7.75. The molecule has 1 aliphatic heterocycles. The summed E-state index contributed by atoms with van der Waals surface area (Å²) in [4.78, 5) is 32.8. The fourth-order valence-corrected chi connectivity index (χ4v) is 6.10. The topological polar surface area (TPSA) is 83.0 Å². The van der Waals surface area contributed by atoms with Crippen LogP contribution in [0.1, 0.15) is 44.1 Å². The molecule has 0 amide bonds. The Morgan fingerprint density at radius 3 is 2.70 bits per heavy atom. The molecule has 2 aromatic heterocycles. The number of esters is 1. The molecule has 0 unspecified atom stereocenters. The van der Waals surface area contributed by atoms with Gasteiger partial charge in [0.15, 0.2) is 8.57 Å². The summed E-state index contributed by atoms with van der Waals surface area (Å²) in [5, 5.41) is 1.87. The molecule has 3 heterocycles. The van der Waals surface area contributed by atoms with E-state index in [-0.39, 0.29) is 12.2 Å². The van der Waals surface area contributed by atoms with Gasteiger partial charge in [0.2, 0.25) is 0 Å². The van der Waals surface area contributed by atoms with E-state index >= 15 is 0 Å². The minimum Gasteiger partial charge on any atom is -0.496 e. The average Bonchev–Trinajstić information content (AvgIpc) is 3.44. The van der Waals surface area contributed by atoms with Crippen LogP contribution in [0.5, 0.6) is 5.75 Å². The van der Waals surface area contributed by atoms with E-state index in [1.54, 1.807) is 24.7 Å². The average molecular weight is 628 g/mol. The number of hydrogen-bond acceptors (Lipinski definition) is 7. The molecular formula is C28H25IN2O5S. The lowest BCUT2D eigenvalue weighted by atomic mass is 9.90. The van der Waals surface area contributed by atoms with Gasteiger partial charge in [0, 0.05) is 11.6 Å². The van der Waals surface area contributed by atoms with Gasteiger partial charge < -0.3 is 13.9 Å². The van der Waals surface area contributed by atoms with Crippen molar-refractivity contribution in [3.63, 3.8) is 0 Å². The van der Waals surface area contributed by atoms with Crippen LogP contribution < -0.4 is 19.6 Å². The van der Waals surface area contributed by atoms with Gasteiger partial charge in [-0.15, -0.1) is 0 Å². The third kappa shape index (κ3) is 4.66. The van der Waals surface area contributed by atoms with Crippen LogP contribution in [0.4, 0.5) is 0 Å². The summed E-state index contributed by atoms with van der Waals surface area (Å²) >= 11 is 3.37. The number of fused-ring (bicyclic) bond motifs is 2. The van der Waals surface area contributed by atoms with Crippen LogP contribution in [-0.2, 0) is 9.53 Å². The van der Waals surface area contributed by atoms with Crippen LogP contribution in [0, 0.1) is 3.77 Å². The van der Waals surface area contributed by atoms with Crippen molar-refractivity contribution < 1.29 is 18.7 Å². The van der Waals surface area contributed by atoms with Crippen molar-refractivity contribution in [3.05, 3.63) is 94.6 Å². The standard InChI is InChI=1S/C28H25IN2O5S/c1-4-8-19-24(27(33)35-5-2)25(23-18-10-7-6-9-16(18)11-13-20(23)34-3)31-26(32)21(37-28(31)30-19)15-17-12-14-22(29)36-17/h6-7,9-15,25H,4-5,8H2,1-3H3/b21-15+/t25-/m0/s1. The molecule has 37 heavy (non-hydrogen) atoms. The van der Waals surface area contributed by atoms with Gasteiger partial charge in [-0.05, 0) is 64.9 Å². The van der Waals surface area contributed by atoms with Crippen molar-refractivity contribution >= 4 is 56.7 Å². The molecule has 0 spiro atoms. The van der Waals surface area contributed by atoms with Gasteiger partial charge >= 0.3 is 5.97 Å². The first-order valence-electron chi connectivity index (χ1n) is 12.0. The van der Waals surface area contributed by atoms with E-state index in [1.165, 1.54) is 11.3 Å². The molecule has 7 nitrogen and oxygen atoms in total. The van der Waals surface area contributed by atoms with Gasteiger partial charge in [0.05, 0.1) is 29.5 Å². The Labute approximate surface area is 230 Å². The normalized spacial score (nSPS) is 15.6. The molecule has 1 atom stereocenters. The number of methoxy groups -OCH3 is 1. The van der Waals surface area contributed by atoms with Gasteiger partial charge in [-0.25, -0.2) is 9.79 Å². The van der Waals surface area contributed by atoms with Crippen molar-refractivity contribution in [2.24, 2.45) is 4.99 Å². The molecule has 0 saturated carbocycles. The molecule has 0 radical (unpaired) electrons. The highest BCUT2D eigenvalue weighted by Gasteiger charge is 2.37. The maximum Gasteiger partial charge on any atom is 0.338 e. The van der Waals surface area contributed by atoms with Gasteiger partial charge in [-0.3, -0.25) is 9.36 Å². The number of nitrogens with zero attached hydrogens (tertiary/aromatic N) is 2. The monoisotopic (exact) mass is 628 g/mol. The molecule has 4 aromatic rings. The Hall–Kier alpha value is -3.18. The van der Waals surface area contributed by atoms with E-state index < -0.39 is 12.0 Å². The van der Waals surface area contributed by atoms with Crippen molar-refractivity contribution in [1.29, 1.82) is 0 Å². The Morgan fingerprint density at radius 1 is 1.19 bits per heavy atom. The molecule has 2 aromatic carbocycles. The highest BCUT2D eigenvalue weighted by molar-refractivity contribution is 14.1. The minimum absolute atomic E-state index is 0.211. The van der Waals surface area contributed by atoms with Crippen LogP contribution in [0.2, 0.25) is 0 Å². The number of furan rings is 1. The van der Waals surface area contributed by atoms with Gasteiger partial charge in [-0.1, -0.05) is 55.0 Å². The number of rotatable bonds is 7. The number of carbonyl (C=O) groups excluding carboxylic acids is 1. The second-order valence-corrected chi connectivity index (χ2v) is 10.5. The Balaban J connectivity index is 1.89. The lowest BCUT2D eigenvalue weighted by Crippen LogP contribution is -2.40. The Morgan fingerprint density at radius 2 is 2.00 bits per heavy atom. The predicted octanol–water partition coefficient (Wildman–Crippen LogP) is 4.94. The maximum absolute atomic E-state index is 14.0. The third-order valence-electron chi connectivity index (χ3n) is 6.18. The van der Waals surface area contributed by atoms with Crippen LogP contribution in [0.15, 0.2) is 74.0 Å². The molecular weight excluding hydrogens is 603 g/mol. The van der Waals surface area contributed by atoms with Crippen LogP contribution in [0.3, 0.4) is 0 Å². The largest absolute Gasteiger partial charge is 0.496 e. The molecule has 0 aliphatic carbocycles. The first-order chi connectivity index (χ1) is 18.0. The molecule has 5 rings (SSSR count). The maximum atomic E-state index is 14.0. The second-order valence-electron chi connectivity index (χ2n) is 8.46. The van der Waals surface area contributed by atoms with Crippen molar-refractivity contribution in [2.45, 2.75) is 32.7 Å². The number of halogens is 1. The first kappa shape index (κ1) is 25.5. The quantitative estimate of drug-likeness (QED) is 0.214. The summed E-state index contributed by atoms with van der Waals surface area (Å²) in [6.45, 7) is 4.01. The van der Waals surface area contributed by atoms with Gasteiger partial charge in [-0.2, -0.15) is 0 Å². The molecule has 0 fully saturated rings. The molecule has 0 bridgehead atoms. The summed E-state index contributed by atoms with van der Waals surface area (Å²) in [7, 11) is 1.59. The number of ether oxygens (including phenoxy) is 2. The fraction of sp³-hybridized carbons (Fsp3) is 0.250. The predicted molar refractivity (Wildman–Crippen MR) is 152 cm³/mol. The van der Waals surface area contributed by atoms with E-state index in [0.29, 0.717) is 38.5 Å². The molecule has 9 heteroatoms. The van der Waals surface area contributed by atoms with Crippen LogP contribution >= 0.6 is 33.9 Å². The SMILES string of the molecule is CCCC1=C(C(=O)OCC)[C@H](c2c(OC)ccc3ccccc23)n2c(s/c(=C/c3ccc(I)o3)c2=O)=N1. The lowest BCUT2D eigenvalue weighted by molar-refractivity contribution is -0.139. The Bertz CT molecular complexity index is 1710. The first-order valence-corrected chi connectivity index (χ1v) is 13.9. The molecule has 1 aliphatic rings. The molecule has 0 N–H and O–H groups in total. The summed E-state index contributed by atoms with van der Waals surface area (Å²) in [6.07, 6.45) is 3.07. The van der Waals surface area contributed by atoms with Crippen molar-refractivity contribution in [3.8, 4) is 5.75 Å². The molecule has 0 saturated heterocycles. The van der Waals surface area contributed by atoms with E-state index in [9.17, 15) is 9.59 Å². The van der Waals surface area contributed by atoms with E-state index in [2.05, 4.69) is 22.6 Å². The summed E-state index contributed by atoms with van der Waals surface area (Å²) in [5.74, 6) is 0.676. The van der Waals surface area contributed by atoms with E-state index in [1.807, 2.05) is 55.5 Å². The number of carbonyl (C=O) groups is 1. The summed E-state index contributed by atoms with van der Waals surface area (Å²) < 4.78 is 19.8. The number of benzene rings is 2. The number of thiazole rings is 1. The zero-order valence-corrected chi connectivity index (χ0v) is 23.6. The van der Waals surface area contributed by atoms with Crippen LogP contribution in [-0.4, -0.2) is 24.3 Å². The Kier molecular flexibility index (Phi) is 7.34. The lowest BCUT2D eigenvalue weighted by Gasteiger charge is -2.28. The summed E-state index contributed by atoms with van der Waals surface area (Å²) in [6, 6.07) is 14.6.